The summed E-state index contributed by atoms with van der Waals surface area (Å²) in [6.45, 7) is 5.93. The molecule has 0 unspecified atom stereocenters. The zero-order chi connectivity index (χ0) is 26.2. The van der Waals surface area contributed by atoms with Gasteiger partial charge < -0.3 is 25.2 Å². The Morgan fingerprint density at radius 3 is 2.22 bits per heavy atom. The van der Waals surface area contributed by atoms with Gasteiger partial charge in [-0.2, -0.15) is 0 Å². The first-order valence-electron chi connectivity index (χ1n) is 12.6. The quantitative estimate of drug-likeness (QED) is 0.345. The van der Waals surface area contributed by atoms with Crippen LogP contribution < -0.4 is 20.1 Å². The van der Waals surface area contributed by atoms with Crippen molar-refractivity contribution in [1.82, 2.24) is 5.32 Å². The first-order chi connectivity index (χ1) is 17.3. The highest BCUT2D eigenvalue weighted by atomic mass is 16.5. The molecule has 0 bridgehead atoms. The summed E-state index contributed by atoms with van der Waals surface area (Å²) in [6.07, 6.45) is 7.19. The van der Waals surface area contributed by atoms with Crippen molar-refractivity contribution in [3.05, 3.63) is 46.5 Å². The molecular formula is C29H38N2O5. The summed E-state index contributed by atoms with van der Waals surface area (Å²) in [6, 6.07) is 8.97. The molecule has 36 heavy (non-hydrogen) atoms. The fraction of sp³-hybridized carbons (Fsp3) is 0.448. The Labute approximate surface area is 213 Å². The molecular weight excluding hydrogens is 456 g/mol. The number of carbonyl (C=O) groups excluding carboxylic acids is 1. The minimum absolute atomic E-state index is 0.0779. The second-order valence-corrected chi connectivity index (χ2v) is 9.23. The van der Waals surface area contributed by atoms with Gasteiger partial charge in [0.25, 0.3) is 0 Å². The van der Waals surface area contributed by atoms with E-state index < -0.39 is 5.97 Å². The predicted molar refractivity (Wildman–Crippen MR) is 144 cm³/mol. The lowest BCUT2D eigenvalue weighted by Gasteiger charge is -2.22. The SMILES string of the molecule is CCC(=Cc1c(C)c(OC)c(-c2ccc(NC3CCCC3)cc2)c(C)c1OC)C(=O)NCCC(=O)O. The van der Waals surface area contributed by atoms with Gasteiger partial charge in [0, 0.05) is 46.1 Å². The number of nitrogens with one attached hydrogen (secondary N) is 2. The van der Waals surface area contributed by atoms with E-state index in [9.17, 15) is 9.59 Å². The van der Waals surface area contributed by atoms with Gasteiger partial charge in [0.05, 0.1) is 20.6 Å². The van der Waals surface area contributed by atoms with Gasteiger partial charge in [0.15, 0.2) is 0 Å². The summed E-state index contributed by atoms with van der Waals surface area (Å²) in [5.41, 5.74) is 6.21. The highest BCUT2D eigenvalue weighted by Crippen LogP contribution is 2.45. The molecule has 1 aliphatic carbocycles. The summed E-state index contributed by atoms with van der Waals surface area (Å²) < 4.78 is 11.7. The Morgan fingerprint density at radius 1 is 1.03 bits per heavy atom. The first-order valence-corrected chi connectivity index (χ1v) is 12.6. The topological polar surface area (TPSA) is 96.9 Å². The van der Waals surface area contributed by atoms with E-state index in [4.69, 9.17) is 14.6 Å². The Balaban J connectivity index is 1.99. The van der Waals surface area contributed by atoms with Crippen molar-refractivity contribution in [2.75, 3.05) is 26.1 Å². The number of benzene rings is 2. The largest absolute Gasteiger partial charge is 0.496 e. The van der Waals surface area contributed by atoms with Crippen molar-refractivity contribution in [2.24, 2.45) is 0 Å². The lowest BCUT2D eigenvalue weighted by atomic mass is 9.90. The van der Waals surface area contributed by atoms with Crippen LogP contribution in [0.25, 0.3) is 17.2 Å². The van der Waals surface area contributed by atoms with Crippen LogP contribution in [-0.2, 0) is 9.59 Å². The minimum Gasteiger partial charge on any atom is -0.496 e. The summed E-state index contributed by atoms with van der Waals surface area (Å²) in [5, 5.41) is 15.2. The number of ether oxygens (including phenoxy) is 2. The summed E-state index contributed by atoms with van der Waals surface area (Å²) in [4.78, 5) is 23.5. The van der Waals surface area contributed by atoms with Crippen LogP contribution in [0.5, 0.6) is 11.5 Å². The Bertz CT molecular complexity index is 1120. The Hall–Kier alpha value is -3.48. The average Bonchev–Trinajstić information content (AvgIpc) is 3.37. The van der Waals surface area contributed by atoms with E-state index in [1.165, 1.54) is 25.7 Å². The van der Waals surface area contributed by atoms with Crippen LogP contribution in [0, 0.1) is 13.8 Å². The molecule has 3 N–H and O–H groups in total. The van der Waals surface area contributed by atoms with Gasteiger partial charge in [-0.25, -0.2) is 0 Å². The number of anilines is 1. The summed E-state index contributed by atoms with van der Waals surface area (Å²) >= 11 is 0. The molecule has 0 saturated heterocycles. The number of carboxylic acids is 1. The van der Waals surface area contributed by atoms with E-state index >= 15 is 0 Å². The zero-order valence-electron chi connectivity index (χ0n) is 22.0. The van der Waals surface area contributed by atoms with E-state index in [1.54, 1.807) is 14.2 Å². The molecule has 1 saturated carbocycles. The van der Waals surface area contributed by atoms with Crippen molar-refractivity contribution in [3.8, 4) is 22.6 Å². The number of aliphatic carboxylic acids is 1. The number of rotatable bonds is 11. The smallest absolute Gasteiger partial charge is 0.305 e. The van der Waals surface area contributed by atoms with E-state index in [1.807, 2.05) is 26.8 Å². The van der Waals surface area contributed by atoms with Crippen LogP contribution in [0.2, 0.25) is 0 Å². The van der Waals surface area contributed by atoms with Gasteiger partial charge in [-0.1, -0.05) is 31.9 Å². The average molecular weight is 495 g/mol. The van der Waals surface area contributed by atoms with Gasteiger partial charge >= 0.3 is 5.97 Å². The molecule has 7 heteroatoms. The molecule has 1 fully saturated rings. The van der Waals surface area contributed by atoms with E-state index in [2.05, 4.69) is 34.9 Å². The maximum absolute atomic E-state index is 12.7. The molecule has 3 rings (SSSR count). The normalized spacial score (nSPS) is 14.0. The van der Waals surface area contributed by atoms with Crippen LogP contribution in [0.3, 0.4) is 0 Å². The second kappa shape index (κ2) is 12.5. The van der Waals surface area contributed by atoms with E-state index in [-0.39, 0.29) is 18.9 Å². The second-order valence-electron chi connectivity index (χ2n) is 9.23. The van der Waals surface area contributed by atoms with Crippen LogP contribution >= 0.6 is 0 Å². The van der Waals surface area contributed by atoms with Gasteiger partial charge in [-0.3, -0.25) is 9.59 Å². The van der Waals surface area contributed by atoms with Crippen molar-refractivity contribution < 1.29 is 24.2 Å². The fourth-order valence-corrected chi connectivity index (χ4v) is 4.94. The third kappa shape index (κ3) is 6.20. The Morgan fingerprint density at radius 2 is 1.67 bits per heavy atom. The third-order valence-electron chi connectivity index (χ3n) is 6.86. The van der Waals surface area contributed by atoms with Gasteiger partial charge in [-0.15, -0.1) is 0 Å². The number of hydrogen-bond donors (Lipinski definition) is 3. The molecule has 0 radical (unpaired) electrons. The predicted octanol–water partition coefficient (Wildman–Crippen LogP) is 5.73. The lowest BCUT2D eigenvalue weighted by molar-refractivity contribution is -0.136. The fourth-order valence-electron chi connectivity index (χ4n) is 4.94. The molecule has 0 heterocycles. The molecule has 1 amide bonds. The standard InChI is InChI=1S/C29H38N2O5/c1-6-20(29(34)30-16-15-25(32)33)17-24-18(2)28(36-5)26(19(3)27(24)35-4)21-11-13-23(14-12-21)31-22-9-7-8-10-22/h11-14,17,22,31H,6-10,15-16H2,1-5H3,(H,30,34)(H,32,33). The molecule has 2 aromatic carbocycles. The van der Waals surface area contributed by atoms with Crippen LogP contribution in [0.4, 0.5) is 5.69 Å². The molecule has 0 aliphatic heterocycles. The first kappa shape index (κ1) is 27.1. The third-order valence-corrected chi connectivity index (χ3v) is 6.86. The highest BCUT2D eigenvalue weighted by Gasteiger charge is 2.23. The highest BCUT2D eigenvalue weighted by molar-refractivity contribution is 5.99. The number of amides is 1. The van der Waals surface area contributed by atoms with E-state index in [0.29, 0.717) is 23.8 Å². The minimum atomic E-state index is -0.951. The molecule has 1 aliphatic rings. The summed E-state index contributed by atoms with van der Waals surface area (Å²) in [7, 11) is 3.28. The monoisotopic (exact) mass is 494 g/mol. The molecule has 194 valence electrons. The van der Waals surface area contributed by atoms with Gasteiger partial charge in [0.1, 0.15) is 11.5 Å². The van der Waals surface area contributed by atoms with E-state index in [0.717, 1.165) is 39.3 Å². The number of carbonyl (C=O) groups is 2. The molecule has 0 spiro atoms. The maximum atomic E-state index is 12.7. The molecule has 7 nitrogen and oxygen atoms in total. The summed E-state index contributed by atoms with van der Waals surface area (Å²) in [5.74, 6) is 0.179. The number of hydrogen-bond acceptors (Lipinski definition) is 5. The van der Waals surface area contributed by atoms with Gasteiger partial charge in [0.2, 0.25) is 5.91 Å². The zero-order valence-corrected chi connectivity index (χ0v) is 22.0. The Kier molecular flexibility index (Phi) is 9.39. The van der Waals surface area contributed by atoms with Crippen LogP contribution in [-0.4, -0.2) is 43.8 Å². The molecule has 0 aromatic heterocycles. The van der Waals surface area contributed by atoms with Crippen molar-refractivity contribution >= 4 is 23.6 Å². The maximum Gasteiger partial charge on any atom is 0.305 e. The van der Waals surface area contributed by atoms with Crippen molar-refractivity contribution in [1.29, 1.82) is 0 Å². The molecule has 0 atom stereocenters. The van der Waals surface area contributed by atoms with Crippen molar-refractivity contribution in [3.63, 3.8) is 0 Å². The van der Waals surface area contributed by atoms with Crippen molar-refractivity contribution in [2.45, 2.75) is 65.3 Å². The van der Waals surface area contributed by atoms with Crippen LogP contribution in [0.1, 0.15) is 62.1 Å². The lowest BCUT2D eigenvalue weighted by Crippen LogP contribution is -2.27. The van der Waals surface area contributed by atoms with Crippen LogP contribution in [0.15, 0.2) is 29.8 Å². The number of methoxy groups -OCH3 is 2. The van der Waals surface area contributed by atoms with Gasteiger partial charge in [-0.05, 0) is 56.9 Å². The number of carboxylic acid groups (broad SMARTS) is 1. The molecule has 2 aromatic rings.